The number of pyridine rings is 1. The van der Waals surface area contributed by atoms with Gasteiger partial charge in [0, 0.05) is 34.7 Å². The maximum Gasteiger partial charge on any atom is 0.132 e. The van der Waals surface area contributed by atoms with Crippen molar-refractivity contribution < 1.29 is 4.39 Å². The van der Waals surface area contributed by atoms with E-state index in [9.17, 15) is 4.39 Å². The fourth-order valence-electron chi connectivity index (χ4n) is 1.50. The predicted molar refractivity (Wildman–Crippen MR) is 64.7 cm³/mol. The first kappa shape index (κ1) is 11.1. The van der Waals surface area contributed by atoms with Gasteiger partial charge in [0.25, 0.3) is 0 Å². The molecule has 1 aromatic carbocycles. The fourth-order valence-corrected chi connectivity index (χ4v) is 1.50. The van der Waals surface area contributed by atoms with Crippen molar-refractivity contribution in [1.82, 2.24) is 4.98 Å². The van der Waals surface area contributed by atoms with Gasteiger partial charge in [-0.15, -0.1) is 0 Å². The Bertz CT molecular complexity index is 615. The highest BCUT2D eigenvalue weighted by atomic mass is 19.1. The maximum atomic E-state index is 13.6. The Labute approximate surface area is 97.0 Å². The number of halogens is 1. The average Bonchev–Trinajstić information content (AvgIpc) is 2.35. The lowest BCUT2D eigenvalue weighted by Gasteiger charge is -2.00. The van der Waals surface area contributed by atoms with E-state index in [1.807, 2.05) is 6.07 Å². The highest BCUT2D eigenvalue weighted by molar-refractivity contribution is 5.81. The molecule has 5 heteroatoms. The quantitative estimate of drug-likeness (QED) is 0.449. The van der Waals surface area contributed by atoms with Crippen molar-refractivity contribution in [2.24, 2.45) is 5.11 Å². The van der Waals surface area contributed by atoms with Gasteiger partial charge in [-0.2, -0.15) is 0 Å². The molecule has 0 atom stereocenters. The Balaban J connectivity index is 2.37. The second-order valence-corrected chi connectivity index (χ2v) is 3.39. The summed E-state index contributed by atoms with van der Waals surface area (Å²) in [6.45, 7) is 0.209. The maximum absolute atomic E-state index is 13.6. The highest BCUT2D eigenvalue weighted by Gasteiger charge is 2.01. The first-order valence-corrected chi connectivity index (χ1v) is 5.03. The predicted octanol–water partition coefficient (Wildman–Crippen LogP) is 3.70. The van der Waals surface area contributed by atoms with E-state index < -0.39 is 0 Å². The van der Waals surface area contributed by atoms with Gasteiger partial charge in [0.2, 0.25) is 0 Å². The molecule has 4 nitrogen and oxygen atoms in total. The summed E-state index contributed by atoms with van der Waals surface area (Å²) < 4.78 is 13.6. The Morgan fingerprint density at radius 3 is 3.18 bits per heavy atom. The van der Waals surface area contributed by atoms with Crippen LogP contribution in [0.4, 0.5) is 4.39 Å². The summed E-state index contributed by atoms with van der Waals surface area (Å²) in [6.07, 6.45) is 4.83. The van der Waals surface area contributed by atoms with E-state index in [0.717, 1.165) is 5.39 Å². The number of azide groups is 1. The minimum atomic E-state index is -0.339. The summed E-state index contributed by atoms with van der Waals surface area (Å²) in [5.41, 5.74) is 9.18. The smallest absolute Gasteiger partial charge is 0.132 e. The largest absolute Gasteiger partial charge is 0.256 e. The van der Waals surface area contributed by atoms with Crippen molar-refractivity contribution in [1.29, 1.82) is 0 Å². The van der Waals surface area contributed by atoms with Gasteiger partial charge in [0.15, 0.2) is 0 Å². The molecule has 0 saturated heterocycles. The number of benzene rings is 1. The monoisotopic (exact) mass is 228 g/mol. The summed E-state index contributed by atoms with van der Waals surface area (Å²) in [5, 5.41) is 4.21. The van der Waals surface area contributed by atoms with Gasteiger partial charge >= 0.3 is 0 Å². The standard InChI is InChI=1S/C12H9FN4/c13-11-8-12-10(4-1-5-15-12)7-9(11)3-2-6-16-17-14/h1-5,7-8H,6H2. The Kier molecular flexibility index (Phi) is 3.33. The highest BCUT2D eigenvalue weighted by Crippen LogP contribution is 2.18. The lowest BCUT2D eigenvalue weighted by Crippen LogP contribution is -1.85. The van der Waals surface area contributed by atoms with Gasteiger partial charge in [-0.25, -0.2) is 4.39 Å². The molecule has 0 bridgehead atoms. The molecule has 1 heterocycles. The van der Waals surface area contributed by atoms with E-state index in [2.05, 4.69) is 15.0 Å². The van der Waals surface area contributed by atoms with E-state index in [0.29, 0.717) is 11.1 Å². The van der Waals surface area contributed by atoms with Gasteiger partial charge in [-0.1, -0.05) is 23.3 Å². The zero-order chi connectivity index (χ0) is 12.1. The molecule has 0 saturated carbocycles. The second-order valence-electron chi connectivity index (χ2n) is 3.39. The fraction of sp³-hybridized carbons (Fsp3) is 0.0833. The molecule has 0 aliphatic heterocycles. The van der Waals surface area contributed by atoms with Crippen molar-refractivity contribution in [2.75, 3.05) is 6.54 Å². The first-order chi connectivity index (χ1) is 8.31. The van der Waals surface area contributed by atoms with Crippen LogP contribution in [0.15, 0.2) is 41.7 Å². The van der Waals surface area contributed by atoms with Crippen molar-refractivity contribution in [3.05, 3.63) is 58.4 Å². The molecular formula is C12H9FN4. The number of rotatable bonds is 3. The summed E-state index contributed by atoms with van der Waals surface area (Å²) in [5.74, 6) is -0.339. The third-order valence-corrected chi connectivity index (χ3v) is 2.27. The lowest BCUT2D eigenvalue weighted by molar-refractivity contribution is 0.626. The molecule has 1 aromatic heterocycles. The number of hydrogen-bond donors (Lipinski definition) is 0. The molecule has 0 amide bonds. The number of nitrogens with zero attached hydrogens (tertiary/aromatic N) is 4. The van der Waals surface area contributed by atoms with Crippen LogP contribution in [-0.4, -0.2) is 11.5 Å². The van der Waals surface area contributed by atoms with Crippen LogP contribution in [0.3, 0.4) is 0 Å². The minimum absolute atomic E-state index is 0.209. The van der Waals surface area contributed by atoms with Crippen LogP contribution in [0.25, 0.3) is 27.4 Å². The van der Waals surface area contributed by atoms with Crippen molar-refractivity contribution in [3.8, 4) is 0 Å². The zero-order valence-electron chi connectivity index (χ0n) is 8.92. The SMILES string of the molecule is [N-]=[N+]=NCC=Cc1cc2cccnc2cc1F. The van der Waals surface area contributed by atoms with Crippen LogP contribution in [0, 0.1) is 5.82 Å². The minimum Gasteiger partial charge on any atom is -0.256 e. The topological polar surface area (TPSA) is 61.7 Å². The average molecular weight is 228 g/mol. The Morgan fingerprint density at radius 1 is 1.47 bits per heavy atom. The summed E-state index contributed by atoms with van der Waals surface area (Å²) in [4.78, 5) is 6.67. The van der Waals surface area contributed by atoms with E-state index >= 15 is 0 Å². The Hall–Kier alpha value is -2.39. The van der Waals surface area contributed by atoms with E-state index in [1.165, 1.54) is 6.07 Å². The molecular weight excluding hydrogens is 219 g/mol. The van der Waals surface area contributed by atoms with Crippen molar-refractivity contribution in [2.45, 2.75) is 0 Å². The molecule has 0 aliphatic rings. The molecule has 17 heavy (non-hydrogen) atoms. The van der Waals surface area contributed by atoms with E-state index in [1.54, 1.807) is 30.5 Å². The Morgan fingerprint density at radius 2 is 2.35 bits per heavy atom. The lowest BCUT2D eigenvalue weighted by atomic mass is 10.1. The molecule has 0 radical (unpaired) electrons. The first-order valence-electron chi connectivity index (χ1n) is 5.03. The molecule has 0 unspecified atom stereocenters. The van der Waals surface area contributed by atoms with Crippen LogP contribution >= 0.6 is 0 Å². The van der Waals surface area contributed by atoms with Gasteiger partial charge in [0.1, 0.15) is 5.82 Å². The molecule has 2 rings (SSSR count). The van der Waals surface area contributed by atoms with Crippen LogP contribution in [0.1, 0.15) is 5.56 Å². The third-order valence-electron chi connectivity index (χ3n) is 2.27. The molecule has 2 aromatic rings. The number of hydrogen-bond acceptors (Lipinski definition) is 2. The normalized spacial score (nSPS) is 10.6. The molecule has 0 N–H and O–H groups in total. The van der Waals surface area contributed by atoms with Gasteiger partial charge in [-0.05, 0) is 17.7 Å². The van der Waals surface area contributed by atoms with E-state index in [-0.39, 0.29) is 12.4 Å². The van der Waals surface area contributed by atoms with Crippen LogP contribution in [-0.2, 0) is 0 Å². The van der Waals surface area contributed by atoms with Crippen molar-refractivity contribution >= 4 is 17.0 Å². The van der Waals surface area contributed by atoms with E-state index in [4.69, 9.17) is 5.53 Å². The van der Waals surface area contributed by atoms with Crippen LogP contribution in [0.5, 0.6) is 0 Å². The summed E-state index contributed by atoms with van der Waals surface area (Å²) in [6, 6.07) is 6.77. The van der Waals surface area contributed by atoms with Gasteiger partial charge in [0.05, 0.1) is 5.52 Å². The van der Waals surface area contributed by atoms with Gasteiger partial charge in [-0.3, -0.25) is 4.98 Å². The zero-order valence-corrected chi connectivity index (χ0v) is 8.92. The molecule has 0 aliphatic carbocycles. The van der Waals surface area contributed by atoms with Gasteiger partial charge < -0.3 is 0 Å². The second kappa shape index (κ2) is 5.09. The third kappa shape index (κ3) is 2.59. The van der Waals surface area contributed by atoms with Crippen molar-refractivity contribution in [3.63, 3.8) is 0 Å². The molecule has 0 spiro atoms. The summed E-state index contributed by atoms with van der Waals surface area (Å²) >= 11 is 0. The summed E-state index contributed by atoms with van der Waals surface area (Å²) in [7, 11) is 0. The van der Waals surface area contributed by atoms with Crippen LogP contribution in [0.2, 0.25) is 0 Å². The van der Waals surface area contributed by atoms with Crippen LogP contribution < -0.4 is 0 Å². The number of aromatic nitrogens is 1. The molecule has 0 fully saturated rings. The molecule has 84 valence electrons. The number of fused-ring (bicyclic) bond motifs is 1.